The molecule has 1 atom stereocenters. The molecule has 0 aliphatic carbocycles. The number of benzene rings is 2. The quantitative estimate of drug-likeness (QED) is 0.554. The molecule has 2 aliphatic heterocycles. The van der Waals surface area contributed by atoms with Crippen LogP contribution in [0.4, 0.5) is 5.69 Å². The number of nitrogens with zero attached hydrogens (tertiary/aromatic N) is 2. The van der Waals surface area contributed by atoms with Gasteiger partial charge in [-0.2, -0.15) is 0 Å². The van der Waals surface area contributed by atoms with Gasteiger partial charge in [-0.25, -0.2) is 8.42 Å². The lowest BCUT2D eigenvalue weighted by Gasteiger charge is -2.33. The summed E-state index contributed by atoms with van der Waals surface area (Å²) in [7, 11) is -3.76. The fourth-order valence-electron chi connectivity index (χ4n) is 4.89. The number of likely N-dealkylation sites (tertiary alicyclic amines) is 1. The number of rotatable bonds is 7. The summed E-state index contributed by atoms with van der Waals surface area (Å²) >= 11 is 0. The fourth-order valence-corrected chi connectivity index (χ4v) is 6.44. The maximum absolute atomic E-state index is 13.4. The van der Waals surface area contributed by atoms with E-state index in [-0.39, 0.29) is 16.8 Å². The summed E-state index contributed by atoms with van der Waals surface area (Å²) in [5, 5.41) is 3.00. The third kappa shape index (κ3) is 4.48. The molecule has 7 nitrogen and oxygen atoms in total. The van der Waals surface area contributed by atoms with Gasteiger partial charge in [0.2, 0.25) is 0 Å². The molecule has 3 aromatic rings. The number of piperidine rings is 1. The molecule has 1 fully saturated rings. The van der Waals surface area contributed by atoms with Crippen LogP contribution in [0.1, 0.15) is 47.0 Å². The van der Waals surface area contributed by atoms with Gasteiger partial charge in [0.25, 0.3) is 15.9 Å². The average Bonchev–Trinajstić information content (AvgIpc) is 3.56. The predicted molar refractivity (Wildman–Crippen MR) is 130 cm³/mol. The molecule has 1 N–H and O–H groups in total. The maximum Gasteiger partial charge on any atom is 0.264 e. The number of anilines is 1. The summed E-state index contributed by atoms with van der Waals surface area (Å²) in [5.41, 5.74) is 2.05. The van der Waals surface area contributed by atoms with E-state index >= 15 is 0 Å². The number of sulfonamides is 1. The number of nitrogens with one attached hydrogen (secondary N) is 1. The molecule has 0 spiro atoms. The van der Waals surface area contributed by atoms with Crippen LogP contribution in [0.25, 0.3) is 0 Å². The predicted octanol–water partition coefficient (Wildman–Crippen LogP) is 3.99. The third-order valence-corrected chi connectivity index (χ3v) is 8.50. The molecule has 0 radical (unpaired) electrons. The second-order valence-corrected chi connectivity index (χ2v) is 10.7. The molecular weight excluding hydrogens is 450 g/mol. The van der Waals surface area contributed by atoms with E-state index in [1.165, 1.54) is 16.8 Å². The normalized spacial score (nSPS) is 17.4. The lowest BCUT2D eigenvalue weighted by molar-refractivity contribution is 0.0914. The molecule has 5 rings (SSSR count). The van der Waals surface area contributed by atoms with Gasteiger partial charge < -0.3 is 9.73 Å². The van der Waals surface area contributed by atoms with Crippen LogP contribution in [-0.4, -0.2) is 45.4 Å². The highest BCUT2D eigenvalue weighted by molar-refractivity contribution is 7.92. The Morgan fingerprint density at radius 1 is 0.971 bits per heavy atom. The molecule has 8 heteroatoms. The Labute approximate surface area is 200 Å². The fraction of sp³-hybridized carbons (Fsp3) is 0.346. The highest BCUT2D eigenvalue weighted by Crippen LogP contribution is 2.33. The van der Waals surface area contributed by atoms with Crippen molar-refractivity contribution < 1.29 is 17.6 Å². The molecule has 2 aliphatic rings. The standard InChI is InChI=1S/C26H29N3O4S/c30-26(27-19-24(25-12-7-17-33-25)28-14-4-1-5-15-28)21-9-6-10-22(18-21)34(31,32)29-16-13-20-8-2-3-11-23(20)29/h2-3,6-12,17-18,24H,1,4-5,13-16,19H2,(H,27,30)/t24-/m0/s1. The van der Waals surface area contributed by atoms with Crippen molar-refractivity contribution in [1.82, 2.24) is 10.2 Å². The van der Waals surface area contributed by atoms with Crippen LogP contribution in [0.2, 0.25) is 0 Å². The summed E-state index contributed by atoms with van der Waals surface area (Å²) in [6.07, 6.45) is 5.81. The van der Waals surface area contributed by atoms with E-state index in [0.717, 1.165) is 37.3 Å². The van der Waals surface area contributed by atoms with E-state index in [4.69, 9.17) is 4.42 Å². The number of carbonyl (C=O) groups excluding carboxylic acids is 1. The topological polar surface area (TPSA) is 82.9 Å². The Kier molecular flexibility index (Phi) is 6.43. The first-order chi connectivity index (χ1) is 16.5. The smallest absolute Gasteiger partial charge is 0.264 e. The first-order valence-electron chi connectivity index (χ1n) is 11.8. The second kappa shape index (κ2) is 9.64. The molecule has 1 aromatic heterocycles. The largest absolute Gasteiger partial charge is 0.468 e. The van der Waals surface area contributed by atoms with E-state index in [0.29, 0.717) is 30.8 Å². The Bertz CT molecular complexity index is 1250. The Morgan fingerprint density at radius 2 is 1.79 bits per heavy atom. The minimum atomic E-state index is -3.76. The minimum absolute atomic E-state index is 0.0488. The van der Waals surface area contributed by atoms with E-state index < -0.39 is 10.0 Å². The number of furan rings is 1. The van der Waals surface area contributed by atoms with Crippen LogP contribution in [0, 0.1) is 0 Å². The highest BCUT2D eigenvalue weighted by atomic mass is 32.2. The van der Waals surface area contributed by atoms with Gasteiger partial charge in [0.05, 0.1) is 22.9 Å². The van der Waals surface area contributed by atoms with Crippen LogP contribution < -0.4 is 9.62 Å². The molecule has 2 aromatic carbocycles. The van der Waals surface area contributed by atoms with Crippen molar-refractivity contribution in [2.45, 2.75) is 36.6 Å². The average molecular weight is 480 g/mol. The molecular formula is C26H29N3O4S. The number of fused-ring (bicyclic) bond motifs is 1. The van der Waals surface area contributed by atoms with Crippen molar-refractivity contribution in [1.29, 1.82) is 0 Å². The van der Waals surface area contributed by atoms with Crippen molar-refractivity contribution in [3.05, 3.63) is 83.8 Å². The molecule has 0 bridgehead atoms. The summed E-state index contributed by atoms with van der Waals surface area (Å²) in [4.78, 5) is 15.5. The molecule has 1 amide bonds. The van der Waals surface area contributed by atoms with Crippen LogP contribution in [-0.2, 0) is 16.4 Å². The lowest BCUT2D eigenvalue weighted by Crippen LogP contribution is -2.40. The zero-order chi connectivity index (χ0) is 23.5. The number of para-hydroxylation sites is 1. The second-order valence-electron chi connectivity index (χ2n) is 8.82. The lowest BCUT2D eigenvalue weighted by atomic mass is 10.1. The zero-order valence-electron chi connectivity index (χ0n) is 19.0. The van der Waals surface area contributed by atoms with E-state index in [9.17, 15) is 13.2 Å². The monoisotopic (exact) mass is 479 g/mol. The Balaban J connectivity index is 1.32. The molecule has 0 saturated carbocycles. The SMILES string of the molecule is O=C(NC[C@@H](c1ccco1)N1CCCCC1)c1cccc(S(=O)(=O)N2CCc3ccccc32)c1. The highest BCUT2D eigenvalue weighted by Gasteiger charge is 2.31. The molecule has 34 heavy (non-hydrogen) atoms. The first-order valence-corrected chi connectivity index (χ1v) is 13.2. The van der Waals surface area contributed by atoms with Gasteiger partial charge >= 0.3 is 0 Å². The maximum atomic E-state index is 13.4. The van der Waals surface area contributed by atoms with Crippen LogP contribution in [0.15, 0.2) is 76.2 Å². The number of carbonyl (C=O) groups is 1. The van der Waals surface area contributed by atoms with Gasteiger partial charge in [-0.3, -0.25) is 14.0 Å². The third-order valence-electron chi connectivity index (χ3n) is 6.69. The van der Waals surface area contributed by atoms with Crippen LogP contribution >= 0.6 is 0 Å². The van der Waals surface area contributed by atoms with Crippen molar-refractivity contribution in [3.63, 3.8) is 0 Å². The van der Waals surface area contributed by atoms with E-state index in [1.54, 1.807) is 24.5 Å². The summed E-state index contributed by atoms with van der Waals surface area (Å²) in [6, 6.07) is 17.6. The van der Waals surface area contributed by atoms with Gasteiger partial charge in [-0.1, -0.05) is 30.7 Å². The number of hydrogen-bond acceptors (Lipinski definition) is 5. The van der Waals surface area contributed by atoms with Gasteiger partial charge in [0.1, 0.15) is 5.76 Å². The Hall–Kier alpha value is -3.10. The minimum Gasteiger partial charge on any atom is -0.468 e. The summed E-state index contributed by atoms with van der Waals surface area (Å²) in [6.45, 7) is 2.72. The number of hydrogen-bond donors (Lipinski definition) is 1. The number of amides is 1. The van der Waals surface area contributed by atoms with E-state index in [2.05, 4.69) is 10.2 Å². The van der Waals surface area contributed by atoms with Crippen LogP contribution in [0.3, 0.4) is 0 Å². The Morgan fingerprint density at radius 3 is 2.59 bits per heavy atom. The van der Waals surface area contributed by atoms with Gasteiger partial charge in [0.15, 0.2) is 0 Å². The van der Waals surface area contributed by atoms with Crippen molar-refractivity contribution in [3.8, 4) is 0 Å². The zero-order valence-corrected chi connectivity index (χ0v) is 19.8. The summed E-state index contributed by atoms with van der Waals surface area (Å²) < 4.78 is 33.8. The van der Waals surface area contributed by atoms with Gasteiger partial charge in [-0.05, 0) is 74.3 Å². The van der Waals surface area contributed by atoms with E-state index in [1.807, 2.05) is 36.4 Å². The van der Waals surface area contributed by atoms with Gasteiger partial charge in [0, 0.05) is 18.7 Å². The van der Waals surface area contributed by atoms with Crippen LogP contribution in [0.5, 0.6) is 0 Å². The molecule has 178 valence electrons. The van der Waals surface area contributed by atoms with Crippen molar-refractivity contribution >= 4 is 21.6 Å². The van der Waals surface area contributed by atoms with Crippen molar-refractivity contribution in [2.75, 3.05) is 30.5 Å². The summed E-state index contributed by atoms with van der Waals surface area (Å²) in [5.74, 6) is 0.527. The van der Waals surface area contributed by atoms with Gasteiger partial charge in [-0.15, -0.1) is 0 Å². The molecule has 0 unspecified atom stereocenters. The van der Waals surface area contributed by atoms with Crippen molar-refractivity contribution in [2.24, 2.45) is 0 Å². The first kappa shape index (κ1) is 22.7. The molecule has 1 saturated heterocycles. The molecule has 3 heterocycles.